The van der Waals surface area contributed by atoms with Crippen LogP contribution in [-0.2, 0) is 6.54 Å². The first-order valence-corrected chi connectivity index (χ1v) is 8.50. The minimum absolute atomic E-state index is 0.111. The average Bonchev–Trinajstić information content (AvgIpc) is 3.20. The normalized spacial score (nSPS) is 16.5. The molecule has 22 heavy (non-hydrogen) atoms. The Morgan fingerprint density at radius 2 is 2.18 bits per heavy atom. The number of piperidine rings is 1. The Morgan fingerprint density at radius 1 is 1.32 bits per heavy atom. The molecule has 0 radical (unpaired) electrons. The highest BCUT2D eigenvalue weighted by atomic mass is 32.1. The summed E-state index contributed by atoms with van der Waals surface area (Å²) in [6.07, 6.45) is 3.94. The first kappa shape index (κ1) is 15.1. The van der Waals surface area contributed by atoms with Gasteiger partial charge in [-0.3, -0.25) is 10.2 Å². The minimum atomic E-state index is -0.111. The van der Waals surface area contributed by atoms with E-state index in [0.29, 0.717) is 5.92 Å². The molecule has 1 saturated heterocycles. The number of anilines is 1. The molecule has 0 bridgehead atoms. The predicted molar refractivity (Wildman–Crippen MR) is 88.0 cm³/mol. The van der Waals surface area contributed by atoms with E-state index in [9.17, 15) is 4.79 Å². The van der Waals surface area contributed by atoms with E-state index in [1.807, 2.05) is 29.6 Å². The number of thiophene rings is 1. The molecule has 3 rings (SSSR count). The van der Waals surface area contributed by atoms with E-state index in [0.717, 1.165) is 49.8 Å². The lowest BCUT2D eigenvalue weighted by molar-refractivity contribution is 0.165. The minimum Gasteiger partial charge on any atom is -0.468 e. The molecular formula is C16H21N3O2S. The van der Waals surface area contributed by atoms with Gasteiger partial charge in [0.15, 0.2) is 0 Å². The number of rotatable bonds is 5. The van der Waals surface area contributed by atoms with Crippen LogP contribution in [0.25, 0.3) is 0 Å². The molecule has 1 aliphatic rings. The quantitative estimate of drug-likeness (QED) is 0.888. The van der Waals surface area contributed by atoms with Gasteiger partial charge in [0.2, 0.25) is 0 Å². The number of furan rings is 1. The summed E-state index contributed by atoms with van der Waals surface area (Å²) in [5, 5.41) is 8.65. The van der Waals surface area contributed by atoms with Crippen molar-refractivity contribution in [3.8, 4) is 0 Å². The monoisotopic (exact) mass is 319 g/mol. The van der Waals surface area contributed by atoms with Crippen molar-refractivity contribution < 1.29 is 9.21 Å². The van der Waals surface area contributed by atoms with Gasteiger partial charge in [0.1, 0.15) is 5.76 Å². The molecule has 5 nitrogen and oxygen atoms in total. The second kappa shape index (κ2) is 7.47. The molecule has 1 fully saturated rings. The smallest absolute Gasteiger partial charge is 0.319 e. The van der Waals surface area contributed by atoms with Gasteiger partial charge in [-0.15, -0.1) is 11.3 Å². The SMILES string of the molecule is O=C(NCC1CCN(Cc2ccco2)CC1)Nc1cccs1. The fourth-order valence-corrected chi connectivity index (χ4v) is 3.33. The van der Waals surface area contributed by atoms with Gasteiger partial charge in [0, 0.05) is 6.54 Å². The Bertz CT molecular complexity index is 560. The largest absolute Gasteiger partial charge is 0.468 e. The molecule has 0 atom stereocenters. The van der Waals surface area contributed by atoms with Gasteiger partial charge in [-0.25, -0.2) is 4.79 Å². The molecule has 2 aromatic rings. The maximum Gasteiger partial charge on any atom is 0.319 e. The topological polar surface area (TPSA) is 57.5 Å². The van der Waals surface area contributed by atoms with Crippen molar-refractivity contribution in [3.63, 3.8) is 0 Å². The third kappa shape index (κ3) is 4.35. The number of amides is 2. The number of nitrogens with zero attached hydrogens (tertiary/aromatic N) is 1. The van der Waals surface area contributed by atoms with Crippen LogP contribution in [0.1, 0.15) is 18.6 Å². The van der Waals surface area contributed by atoms with Crippen molar-refractivity contribution in [3.05, 3.63) is 41.7 Å². The van der Waals surface area contributed by atoms with Crippen LogP contribution in [0, 0.1) is 5.92 Å². The molecule has 0 spiro atoms. The van der Waals surface area contributed by atoms with Crippen LogP contribution in [0.5, 0.6) is 0 Å². The van der Waals surface area contributed by atoms with E-state index in [4.69, 9.17) is 4.42 Å². The van der Waals surface area contributed by atoms with Gasteiger partial charge in [-0.1, -0.05) is 0 Å². The lowest BCUT2D eigenvalue weighted by Gasteiger charge is -2.31. The van der Waals surface area contributed by atoms with Crippen LogP contribution in [0.2, 0.25) is 0 Å². The second-order valence-electron chi connectivity index (χ2n) is 5.61. The maximum absolute atomic E-state index is 11.8. The zero-order valence-electron chi connectivity index (χ0n) is 12.5. The zero-order valence-corrected chi connectivity index (χ0v) is 13.3. The Hall–Kier alpha value is -1.79. The number of nitrogens with one attached hydrogen (secondary N) is 2. The zero-order chi connectivity index (χ0) is 15.2. The van der Waals surface area contributed by atoms with E-state index in [-0.39, 0.29) is 6.03 Å². The Morgan fingerprint density at radius 3 is 2.86 bits per heavy atom. The van der Waals surface area contributed by atoms with Gasteiger partial charge in [-0.05, 0) is 61.5 Å². The van der Waals surface area contributed by atoms with Crippen LogP contribution < -0.4 is 10.6 Å². The molecule has 2 aromatic heterocycles. The van der Waals surface area contributed by atoms with E-state index in [2.05, 4.69) is 15.5 Å². The van der Waals surface area contributed by atoms with Crippen LogP contribution in [-0.4, -0.2) is 30.6 Å². The highest BCUT2D eigenvalue weighted by Crippen LogP contribution is 2.19. The molecule has 0 unspecified atom stereocenters. The number of hydrogen-bond donors (Lipinski definition) is 2. The fourth-order valence-electron chi connectivity index (χ4n) is 2.71. The predicted octanol–water partition coefficient (Wildman–Crippen LogP) is 3.37. The van der Waals surface area contributed by atoms with Crippen molar-refractivity contribution in [2.45, 2.75) is 19.4 Å². The summed E-state index contributed by atoms with van der Waals surface area (Å²) in [5.41, 5.74) is 0. The number of carbonyl (C=O) groups is 1. The average molecular weight is 319 g/mol. The fraction of sp³-hybridized carbons (Fsp3) is 0.438. The summed E-state index contributed by atoms with van der Waals surface area (Å²) >= 11 is 1.53. The first-order valence-electron chi connectivity index (χ1n) is 7.62. The lowest BCUT2D eigenvalue weighted by atomic mass is 9.97. The number of hydrogen-bond acceptors (Lipinski definition) is 4. The molecule has 0 saturated carbocycles. The Kier molecular flexibility index (Phi) is 5.13. The van der Waals surface area contributed by atoms with Crippen LogP contribution in [0.3, 0.4) is 0 Å². The molecule has 1 aliphatic heterocycles. The molecule has 118 valence electrons. The summed E-state index contributed by atoms with van der Waals surface area (Å²) in [6, 6.07) is 7.66. The van der Waals surface area contributed by atoms with Gasteiger partial charge < -0.3 is 9.73 Å². The van der Waals surface area contributed by atoms with Crippen LogP contribution >= 0.6 is 11.3 Å². The first-order chi connectivity index (χ1) is 10.8. The summed E-state index contributed by atoms with van der Waals surface area (Å²) in [6.45, 7) is 3.73. The van der Waals surface area contributed by atoms with Gasteiger partial charge in [0.05, 0.1) is 17.8 Å². The van der Waals surface area contributed by atoms with Crippen LogP contribution in [0.15, 0.2) is 40.3 Å². The van der Waals surface area contributed by atoms with Crippen molar-refractivity contribution in [2.75, 3.05) is 25.0 Å². The van der Waals surface area contributed by atoms with Crippen molar-refractivity contribution in [2.24, 2.45) is 5.92 Å². The standard InChI is InChI=1S/C16H21N3O2S/c20-16(18-15-4-2-10-22-15)17-11-13-5-7-19(8-6-13)12-14-3-1-9-21-14/h1-4,9-10,13H,5-8,11-12H2,(H2,17,18,20). The molecular weight excluding hydrogens is 298 g/mol. The van der Waals surface area contributed by atoms with Crippen molar-refractivity contribution in [1.82, 2.24) is 10.2 Å². The molecule has 3 heterocycles. The van der Waals surface area contributed by atoms with E-state index < -0.39 is 0 Å². The summed E-state index contributed by atoms with van der Waals surface area (Å²) in [7, 11) is 0. The number of carbonyl (C=O) groups excluding carboxylic acids is 1. The Balaban J connectivity index is 1.34. The second-order valence-corrected chi connectivity index (χ2v) is 6.56. The molecule has 6 heteroatoms. The maximum atomic E-state index is 11.8. The third-order valence-corrected chi connectivity index (χ3v) is 4.76. The summed E-state index contributed by atoms with van der Waals surface area (Å²) in [5.74, 6) is 1.58. The summed E-state index contributed by atoms with van der Waals surface area (Å²) in [4.78, 5) is 14.2. The van der Waals surface area contributed by atoms with E-state index in [1.54, 1.807) is 6.26 Å². The number of urea groups is 1. The van der Waals surface area contributed by atoms with E-state index >= 15 is 0 Å². The molecule has 0 aromatic carbocycles. The summed E-state index contributed by atoms with van der Waals surface area (Å²) < 4.78 is 5.39. The van der Waals surface area contributed by atoms with Crippen molar-refractivity contribution in [1.29, 1.82) is 0 Å². The van der Waals surface area contributed by atoms with Crippen molar-refractivity contribution >= 4 is 22.4 Å². The van der Waals surface area contributed by atoms with Gasteiger partial charge in [-0.2, -0.15) is 0 Å². The molecule has 2 amide bonds. The van der Waals surface area contributed by atoms with Gasteiger partial charge in [0.25, 0.3) is 0 Å². The highest BCUT2D eigenvalue weighted by Gasteiger charge is 2.20. The lowest BCUT2D eigenvalue weighted by Crippen LogP contribution is -2.39. The van der Waals surface area contributed by atoms with E-state index in [1.165, 1.54) is 11.3 Å². The van der Waals surface area contributed by atoms with Gasteiger partial charge >= 0.3 is 6.03 Å². The van der Waals surface area contributed by atoms with Crippen LogP contribution in [0.4, 0.5) is 9.80 Å². The molecule has 0 aliphatic carbocycles. The molecule has 2 N–H and O–H groups in total. The number of likely N-dealkylation sites (tertiary alicyclic amines) is 1. The highest BCUT2D eigenvalue weighted by molar-refractivity contribution is 7.14. The third-order valence-electron chi connectivity index (χ3n) is 3.98. The Labute approximate surface area is 134 Å².